The number of benzene rings is 2. The number of halogens is 1. The third-order valence-corrected chi connectivity index (χ3v) is 6.48. The Morgan fingerprint density at radius 1 is 1.15 bits per heavy atom. The maximum absolute atomic E-state index is 13.1. The molecule has 2 aromatic heterocycles. The van der Waals surface area contributed by atoms with Gasteiger partial charge in [-0.1, -0.05) is 54.1 Å². The number of rotatable bonds is 5. The molecule has 3 heterocycles. The summed E-state index contributed by atoms with van der Waals surface area (Å²) in [6, 6.07) is 19.8. The number of carbonyl (C=O) groups is 1. The van der Waals surface area contributed by atoms with Gasteiger partial charge in [-0.3, -0.25) is 4.79 Å². The van der Waals surface area contributed by atoms with Crippen LogP contribution in [0, 0.1) is 5.92 Å². The van der Waals surface area contributed by atoms with Gasteiger partial charge in [0.1, 0.15) is 5.52 Å². The van der Waals surface area contributed by atoms with Crippen molar-refractivity contribution in [3.8, 4) is 11.3 Å². The van der Waals surface area contributed by atoms with E-state index in [0.29, 0.717) is 11.6 Å². The van der Waals surface area contributed by atoms with Crippen molar-refractivity contribution in [3.05, 3.63) is 83.6 Å². The predicted molar refractivity (Wildman–Crippen MR) is 131 cm³/mol. The van der Waals surface area contributed by atoms with Gasteiger partial charge in [0, 0.05) is 36.1 Å². The van der Waals surface area contributed by atoms with Crippen molar-refractivity contribution in [1.82, 2.24) is 19.9 Å². The van der Waals surface area contributed by atoms with Crippen LogP contribution in [0.3, 0.4) is 0 Å². The van der Waals surface area contributed by atoms with E-state index in [4.69, 9.17) is 16.7 Å². The molecule has 1 aliphatic heterocycles. The second-order valence-corrected chi connectivity index (χ2v) is 8.98. The first kappa shape index (κ1) is 21.5. The van der Waals surface area contributed by atoms with E-state index >= 15 is 0 Å². The van der Waals surface area contributed by atoms with Crippen LogP contribution in [-0.2, 0) is 4.79 Å². The number of anilines is 1. The summed E-state index contributed by atoms with van der Waals surface area (Å²) in [5.74, 6) is 0.866. The summed E-state index contributed by atoms with van der Waals surface area (Å²) in [7, 11) is 0. The first-order valence-electron chi connectivity index (χ1n) is 11.3. The van der Waals surface area contributed by atoms with Crippen LogP contribution in [0.5, 0.6) is 0 Å². The van der Waals surface area contributed by atoms with Crippen LogP contribution in [-0.4, -0.2) is 33.6 Å². The normalized spacial score (nSPS) is 17.2. The largest absolute Gasteiger partial charge is 0.354 e. The van der Waals surface area contributed by atoms with Gasteiger partial charge in [0.2, 0.25) is 5.91 Å². The Bertz CT molecular complexity index is 1270. The number of nitrogens with one attached hydrogen (secondary N) is 1. The highest BCUT2D eigenvalue weighted by atomic mass is 35.5. The van der Waals surface area contributed by atoms with Crippen molar-refractivity contribution >= 4 is 28.8 Å². The summed E-state index contributed by atoms with van der Waals surface area (Å²) < 4.78 is 1.85. The van der Waals surface area contributed by atoms with E-state index in [1.807, 2.05) is 78.3 Å². The summed E-state index contributed by atoms with van der Waals surface area (Å²) in [6.45, 7) is 3.53. The second kappa shape index (κ2) is 9.24. The highest BCUT2D eigenvalue weighted by molar-refractivity contribution is 6.30. The van der Waals surface area contributed by atoms with E-state index in [1.165, 1.54) is 0 Å². The number of aromatic nitrogens is 3. The van der Waals surface area contributed by atoms with E-state index in [2.05, 4.69) is 15.2 Å². The lowest BCUT2D eigenvalue weighted by molar-refractivity contribution is -0.125. The minimum atomic E-state index is -0.0812. The zero-order chi connectivity index (χ0) is 22.8. The van der Waals surface area contributed by atoms with Crippen molar-refractivity contribution in [2.75, 3.05) is 18.0 Å². The molecular formula is C26H26ClN5O. The molecule has 4 aromatic rings. The molecule has 0 spiro atoms. The van der Waals surface area contributed by atoms with Crippen LogP contribution in [0.1, 0.15) is 31.4 Å². The lowest BCUT2D eigenvalue weighted by Crippen LogP contribution is -2.44. The lowest BCUT2D eigenvalue weighted by Gasteiger charge is -2.33. The molecule has 0 unspecified atom stereocenters. The zero-order valence-corrected chi connectivity index (χ0v) is 19.2. The van der Waals surface area contributed by atoms with Gasteiger partial charge < -0.3 is 10.2 Å². The maximum Gasteiger partial charge on any atom is 0.225 e. The molecule has 1 aliphatic rings. The number of fused-ring (bicyclic) bond motifs is 1. The van der Waals surface area contributed by atoms with Crippen molar-refractivity contribution in [1.29, 1.82) is 0 Å². The van der Waals surface area contributed by atoms with Gasteiger partial charge in [0.25, 0.3) is 0 Å². The Morgan fingerprint density at radius 2 is 2.00 bits per heavy atom. The average molecular weight is 460 g/mol. The number of piperidine rings is 1. The molecule has 0 radical (unpaired) electrons. The molecule has 7 heteroatoms. The van der Waals surface area contributed by atoms with Gasteiger partial charge in [-0.25, -0.2) is 9.50 Å². The monoisotopic (exact) mass is 459 g/mol. The number of nitrogens with zero attached hydrogens (tertiary/aromatic N) is 4. The standard InChI is InChI=1S/C26H26ClN5O/c1-18(19-7-3-2-4-8-19)29-26(33)21-10-6-13-31(17-21)25-24-16-23(30-32(24)14-12-28-25)20-9-5-11-22(27)15-20/h2-5,7-9,11-12,14-16,18,21H,6,10,13,17H2,1H3,(H,29,33)/t18-,21+/m1/s1. The SMILES string of the molecule is C[C@@H](NC(=O)[C@H]1CCCN(c2nccn3nc(-c4cccc(Cl)c4)cc23)C1)c1ccccc1. The zero-order valence-electron chi connectivity index (χ0n) is 18.5. The summed E-state index contributed by atoms with van der Waals surface area (Å²) in [5, 5.41) is 8.59. The third-order valence-electron chi connectivity index (χ3n) is 6.24. The van der Waals surface area contributed by atoms with E-state index in [1.54, 1.807) is 6.20 Å². The molecule has 5 rings (SSSR count). The Labute approximate surface area is 198 Å². The number of hydrogen-bond donors (Lipinski definition) is 1. The van der Waals surface area contributed by atoms with Crippen molar-refractivity contribution in [2.24, 2.45) is 5.92 Å². The minimum absolute atomic E-state index is 0.0225. The van der Waals surface area contributed by atoms with Crippen LogP contribution in [0.2, 0.25) is 5.02 Å². The molecule has 0 bridgehead atoms. The smallest absolute Gasteiger partial charge is 0.225 e. The fourth-order valence-electron chi connectivity index (χ4n) is 4.48. The Balaban J connectivity index is 1.36. The number of carbonyl (C=O) groups excluding carboxylic acids is 1. The Morgan fingerprint density at radius 3 is 2.82 bits per heavy atom. The first-order valence-corrected chi connectivity index (χ1v) is 11.7. The molecule has 1 N–H and O–H groups in total. The second-order valence-electron chi connectivity index (χ2n) is 8.55. The van der Waals surface area contributed by atoms with Gasteiger partial charge in [-0.2, -0.15) is 5.10 Å². The molecule has 0 saturated carbocycles. The van der Waals surface area contributed by atoms with Gasteiger partial charge >= 0.3 is 0 Å². The van der Waals surface area contributed by atoms with Crippen molar-refractivity contribution in [2.45, 2.75) is 25.8 Å². The summed E-state index contributed by atoms with van der Waals surface area (Å²) in [4.78, 5) is 19.9. The van der Waals surface area contributed by atoms with Gasteiger partial charge in [0.15, 0.2) is 5.82 Å². The molecule has 6 nitrogen and oxygen atoms in total. The van der Waals surface area contributed by atoms with Crippen molar-refractivity contribution < 1.29 is 4.79 Å². The van der Waals surface area contributed by atoms with Crippen LogP contribution in [0.4, 0.5) is 5.82 Å². The van der Waals surface area contributed by atoms with Gasteiger partial charge in [-0.05, 0) is 43.5 Å². The Hall–Kier alpha value is -3.38. The molecule has 2 atom stereocenters. The lowest BCUT2D eigenvalue weighted by atomic mass is 9.96. The summed E-state index contributed by atoms with van der Waals surface area (Å²) >= 11 is 6.17. The molecule has 2 aromatic carbocycles. The quantitative estimate of drug-likeness (QED) is 0.448. The van der Waals surface area contributed by atoms with Crippen molar-refractivity contribution in [3.63, 3.8) is 0 Å². The number of hydrogen-bond acceptors (Lipinski definition) is 4. The van der Waals surface area contributed by atoms with Crippen LogP contribution < -0.4 is 10.2 Å². The van der Waals surface area contributed by atoms with E-state index < -0.39 is 0 Å². The highest BCUT2D eigenvalue weighted by Crippen LogP contribution is 2.29. The average Bonchev–Trinajstić information content (AvgIpc) is 3.29. The fourth-order valence-corrected chi connectivity index (χ4v) is 4.67. The van der Waals surface area contributed by atoms with Gasteiger partial charge in [-0.15, -0.1) is 0 Å². The molecule has 33 heavy (non-hydrogen) atoms. The minimum Gasteiger partial charge on any atom is -0.354 e. The van der Waals surface area contributed by atoms with E-state index in [0.717, 1.165) is 47.5 Å². The Kier molecular flexibility index (Phi) is 6.01. The predicted octanol–water partition coefficient (Wildman–Crippen LogP) is 5.14. The van der Waals surface area contributed by atoms with Crippen LogP contribution in [0.25, 0.3) is 16.8 Å². The number of amides is 1. The topological polar surface area (TPSA) is 62.5 Å². The van der Waals surface area contributed by atoms with E-state index in [-0.39, 0.29) is 17.9 Å². The highest BCUT2D eigenvalue weighted by Gasteiger charge is 2.28. The molecular weight excluding hydrogens is 434 g/mol. The van der Waals surface area contributed by atoms with Crippen LogP contribution >= 0.6 is 11.6 Å². The van der Waals surface area contributed by atoms with Crippen LogP contribution in [0.15, 0.2) is 73.1 Å². The van der Waals surface area contributed by atoms with E-state index in [9.17, 15) is 4.79 Å². The summed E-state index contributed by atoms with van der Waals surface area (Å²) in [6.07, 6.45) is 5.43. The molecule has 1 amide bonds. The molecule has 1 saturated heterocycles. The third kappa shape index (κ3) is 4.57. The molecule has 1 fully saturated rings. The summed E-state index contributed by atoms with van der Waals surface area (Å²) in [5.41, 5.74) is 3.83. The maximum atomic E-state index is 13.1. The first-order chi connectivity index (χ1) is 16.1. The molecule has 0 aliphatic carbocycles. The molecule has 168 valence electrons. The van der Waals surface area contributed by atoms with Gasteiger partial charge in [0.05, 0.1) is 17.7 Å². The fraction of sp³-hybridized carbons (Fsp3) is 0.269.